The second-order valence-electron chi connectivity index (χ2n) is 3.66. The predicted octanol–water partition coefficient (Wildman–Crippen LogP) is 4.02. The highest BCUT2D eigenvalue weighted by atomic mass is 14.7. The van der Waals surface area contributed by atoms with Gasteiger partial charge in [0.2, 0.25) is 0 Å². The Kier molecular flexibility index (Phi) is 5.27. The maximum Gasteiger partial charge on any atom is 0.0643 e. The number of hydrogen-bond donors (Lipinski definition) is 0. The molecule has 0 aliphatic rings. The Morgan fingerprint density at radius 1 is 1.19 bits per heavy atom. The number of aliphatic imine (C=N–C) groups is 1. The third kappa shape index (κ3) is 3.85. The topological polar surface area (TPSA) is 12.4 Å². The third-order valence-corrected chi connectivity index (χ3v) is 2.34. The molecule has 0 aromatic heterocycles. The molecule has 0 saturated heterocycles. The van der Waals surface area contributed by atoms with Crippen molar-refractivity contribution in [1.82, 2.24) is 0 Å². The van der Waals surface area contributed by atoms with Crippen molar-refractivity contribution in [1.29, 1.82) is 0 Å². The van der Waals surface area contributed by atoms with Gasteiger partial charge >= 0.3 is 0 Å². The van der Waals surface area contributed by atoms with Gasteiger partial charge in [0, 0.05) is 7.05 Å². The summed E-state index contributed by atoms with van der Waals surface area (Å²) in [6.45, 7) is 4.25. The maximum absolute atomic E-state index is 4.29. The molecule has 1 aromatic carbocycles. The Morgan fingerprint density at radius 3 is 2.44 bits per heavy atom. The number of nitrogens with zero attached hydrogens (tertiary/aromatic N) is 1. The Labute approximate surface area is 98.2 Å². The minimum atomic E-state index is 1.02. The average Bonchev–Trinajstić information content (AvgIpc) is 2.31. The Balaban J connectivity index is 2.83. The summed E-state index contributed by atoms with van der Waals surface area (Å²) in [5, 5.41) is 0. The van der Waals surface area contributed by atoms with Gasteiger partial charge in [-0.15, -0.1) is 0 Å². The van der Waals surface area contributed by atoms with Gasteiger partial charge in [-0.1, -0.05) is 55.0 Å². The normalized spacial score (nSPS) is 13.4. The van der Waals surface area contributed by atoms with Crippen molar-refractivity contribution < 1.29 is 0 Å². The van der Waals surface area contributed by atoms with E-state index in [4.69, 9.17) is 0 Å². The standard InChI is InChI=1S/C15H19N/c1-4-8-13(2)11-12-15(16-3)14-9-6-5-7-10-14/h5-12H,4H2,1-3H3/b12-11-,13-8+,16-15?. The van der Waals surface area contributed by atoms with E-state index in [1.54, 1.807) is 0 Å². The van der Waals surface area contributed by atoms with Crippen molar-refractivity contribution in [2.24, 2.45) is 4.99 Å². The van der Waals surface area contributed by atoms with Crippen LogP contribution in [0.4, 0.5) is 0 Å². The zero-order valence-corrected chi connectivity index (χ0v) is 10.3. The number of hydrogen-bond acceptors (Lipinski definition) is 1. The average molecular weight is 213 g/mol. The molecule has 0 N–H and O–H groups in total. The fourth-order valence-corrected chi connectivity index (χ4v) is 1.51. The zero-order valence-electron chi connectivity index (χ0n) is 10.3. The van der Waals surface area contributed by atoms with Crippen molar-refractivity contribution >= 4 is 5.71 Å². The molecule has 1 nitrogen and oxygen atoms in total. The van der Waals surface area contributed by atoms with E-state index in [2.05, 4.69) is 49.2 Å². The smallest absolute Gasteiger partial charge is 0.0643 e. The lowest BCUT2D eigenvalue weighted by Crippen LogP contribution is -1.95. The molecule has 0 amide bonds. The summed E-state index contributed by atoms with van der Waals surface area (Å²) < 4.78 is 0. The van der Waals surface area contributed by atoms with E-state index in [9.17, 15) is 0 Å². The highest BCUT2D eigenvalue weighted by Crippen LogP contribution is 2.04. The van der Waals surface area contributed by atoms with Gasteiger partial charge in [0.1, 0.15) is 0 Å². The molecule has 0 aliphatic carbocycles. The second kappa shape index (κ2) is 6.78. The van der Waals surface area contributed by atoms with E-state index in [-0.39, 0.29) is 0 Å². The van der Waals surface area contributed by atoms with Gasteiger partial charge in [0.25, 0.3) is 0 Å². The molecule has 0 radical (unpaired) electrons. The van der Waals surface area contributed by atoms with Crippen LogP contribution >= 0.6 is 0 Å². The quantitative estimate of drug-likeness (QED) is 0.529. The Hall–Kier alpha value is -1.63. The van der Waals surface area contributed by atoms with Gasteiger partial charge in [0.05, 0.1) is 5.71 Å². The van der Waals surface area contributed by atoms with E-state index in [0.29, 0.717) is 0 Å². The molecule has 0 atom stereocenters. The number of rotatable bonds is 4. The largest absolute Gasteiger partial charge is 0.288 e. The minimum absolute atomic E-state index is 1.02. The first-order valence-electron chi connectivity index (χ1n) is 5.65. The van der Waals surface area contributed by atoms with E-state index < -0.39 is 0 Å². The molecule has 16 heavy (non-hydrogen) atoms. The lowest BCUT2D eigenvalue weighted by atomic mass is 10.1. The van der Waals surface area contributed by atoms with Crippen LogP contribution in [0.5, 0.6) is 0 Å². The van der Waals surface area contributed by atoms with Gasteiger partial charge < -0.3 is 0 Å². The number of benzene rings is 1. The predicted molar refractivity (Wildman–Crippen MR) is 72.1 cm³/mol. The Morgan fingerprint density at radius 2 is 1.88 bits per heavy atom. The van der Waals surface area contributed by atoms with E-state index >= 15 is 0 Å². The van der Waals surface area contributed by atoms with Crippen LogP contribution in [-0.4, -0.2) is 12.8 Å². The molecular formula is C15H19N. The van der Waals surface area contributed by atoms with Crippen LogP contribution < -0.4 is 0 Å². The van der Waals surface area contributed by atoms with Crippen LogP contribution in [0.25, 0.3) is 0 Å². The molecule has 0 saturated carbocycles. The highest BCUT2D eigenvalue weighted by Gasteiger charge is 1.96. The molecule has 84 valence electrons. The summed E-state index contributed by atoms with van der Waals surface area (Å²) in [7, 11) is 1.82. The molecule has 0 aliphatic heterocycles. The highest BCUT2D eigenvalue weighted by molar-refractivity contribution is 6.08. The van der Waals surface area contributed by atoms with Crippen LogP contribution in [0.2, 0.25) is 0 Å². The summed E-state index contributed by atoms with van der Waals surface area (Å²) in [6.07, 6.45) is 7.45. The van der Waals surface area contributed by atoms with Crippen LogP contribution in [-0.2, 0) is 0 Å². The van der Waals surface area contributed by atoms with Crippen LogP contribution in [0.3, 0.4) is 0 Å². The van der Waals surface area contributed by atoms with E-state index in [1.165, 1.54) is 5.57 Å². The molecule has 1 rings (SSSR count). The molecule has 1 heteroatoms. The summed E-state index contributed by atoms with van der Waals surface area (Å²) in [5.74, 6) is 0. The van der Waals surface area contributed by atoms with Crippen LogP contribution in [0.1, 0.15) is 25.8 Å². The molecule has 0 heterocycles. The lowest BCUT2D eigenvalue weighted by molar-refractivity contribution is 1.20. The Bertz CT molecular complexity index is 397. The lowest BCUT2D eigenvalue weighted by Gasteiger charge is -1.99. The monoisotopic (exact) mass is 213 g/mol. The summed E-state index contributed by atoms with van der Waals surface area (Å²) in [4.78, 5) is 4.29. The molecule has 0 bridgehead atoms. The first kappa shape index (κ1) is 12.4. The molecule has 0 fully saturated rings. The zero-order chi connectivity index (χ0) is 11.8. The van der Waals surface area contributed by atoms with Gasteiger partial charge in [-0.2, -0.15) is 0 Å². The van der Waals surface area contributed by atoms with E-state index in [0.717, 1.165) is 17.7 Å². The molecular weight excluding hydrogens is 194 g/mol. The first-order chi connectivity index (χ1) is 7.77. The minimum Gasteiger partial charge on any atom is -0.288 e. The number of allylic oxidation sites excluding steroid dienone is 4. The second-order valence-corrected chi connectivity index (χ2v) is 3.66. The first-order valence-corrected chi connectivity index (χ1v) is 5.65. The fourth-order valence-electron chi connectivity index (χ4n) is 1.51. The SMILES string of the molecule is CC/C=C(C)/C=C\C(=NC)c1ccccc1. The summed E-state index contributed by atoms with van der Waals surface area (Å²) in [6, 6.07) is 10.2. The molecule has 0 unspecified atom stereocenters. The van der Waals surface area contributed by atoms with Gasteiger partial charge in [-0.05, 0) is 25.0 Å². The van der Waals surface area contributed by atoms with Crippen molar-refractivity contribution in [2.75, 3.05) is 7.05 Å². The van der Waals surface area contributed by atoms with Gasteiger partial charge in [-0.3, -0.25) is 4.99 Å². The van der Waals surface area contributed by atoms with Crippen molar-refractivity contribution in [3.8, 4) is 0 Å². The van der Waals surface area contributed by atoms with Crippen molar-refractivity contribution in [2.45, 2.75) is 20.3 Å². The van der Waals surface area contributed by atoms with Crippen LogP contribution in [0.15, 0.2) is 59.1 Å². The third-order valence-electron chi connectivity index (χ3n) is 2.34. The van der Waals surface area contributed by atoms with Crippen LogP contribution in [0, 0.1) is 0 Å². The summed E-state index contributed by atoms with van der Waals surface area (Å²) >= 11 is 0. The fraction of sp³-hybridized carbons (Fsp3) is 0.267. The van der Waals surface area contributed by atoms with Crippen molar-refractivity contribution in [3.63, 3.8) is 0 Å². The van der Waals surface area contributed by atoms with Crippen molar-refractivity contribution in [3.05, 3.63) is 59.7 Å². The molecule has 1 aromatic rings. The van der Waals surface area contributed by atoms with E-state index in [1.807, 2.05) is 25.2 Å². The van der Waals surface area contributed by atoms with Gasteiger partial charge in [-0.25, -0.2) is 0 Å². The molecule has 0 spiro atoms. The van der Waals surface area contributed by atoms with Gasteiger partial charge in [0.15, 0.2) is 0 Å². The summed E-state index contributed by atoms with van der Waals surface area (Å²) in [5.41, 5.74) is 3.45. The maximum atomic E-state index is 4.29.